The summed E-state index contributed by atoms with van der Waals surface area (Å²) in [6.45, 7) is 20.2. The van der Waals surface area contributed by atoms with E-state index in [0.717, 1.165) is 22.4 Å². The Bertz CT molecular complexity index is 1170. The molecule has 2 nitrogen and oxygen atoms in total. The summed E-state index contributed by atoms with van der Waals surface area (Å²) in [5.41, 5.74) is 6.32. The highest BCUT2D eigenvalue weighted by Gasteiger charge is 2.32. The van der Waals surface area contributed by atoms with E-state index in [4.69, 9.17) is 9.05 Å². The van der Waals surface area contributed by atoms with Crippen LogP contribution in [0, 0.1) is 0 Å². The molecule has 0 N–H and O–H groups in total. The van der Waals surface area contributed by atoms with Crippen molar-refractivity contribution < 1.29 is 9.05 Å². The van der Waals surface area contributed by atoms with Crippen molar-refractivity contribution in [2.75, 3.05) is 0 Å². The molecule has 1 aliphatic rings. The molecule has 33 heavy (non-hydrogen) atoms. The molecule has 0 aromatic heterocycles. The minimum atomic E-state index is -1.29. The number of hydrogen-bond acceptors (Lipinski definition) is 2. The lowest BCUT2D eigenvalue weighted by Gasteiger charge is -2.31. The summed E-state index contributed by atoms with van der Waals surface area (Å²) in [6, 6.07) is 21.7. The first-order valence-corrected chi connectivity index (χ1v) is 13.0. The highest BCUT2D eigenvalue weighted by molar-refractivity contribution is 7.57. The molecule has 0 saturated heterocycles. The maximum atomic E-state index is 6.70. The van der Waals surface area contributed by atoms with Gasteiger partial charge in [-0.1, -0.05) is 98.7 Å². The van der Waals surface area contributed by atoms with Crippen LogP contribution in [0.5, 0.6) is 11.5 Å². The van der Waals surface area contributed by atoms with Gasteiger partial charge in [-0.15, -0.1) is 0 Å². The summed E-state index contributed by atoms with van der Waals surface area (Å²) >= 11 is 0. The van der Waals surface area contributed by atoms with Gasteiger partial charge in [-0.25, -0.2) is 0 Å². The van der Waals surface area contributed by atoms with Crippen molar-refractivity contribution in [3.63, 3.8) is 0 Å². The summed E-state index contributed by atoms with van der Waals surface area (Å²) < 4.78 is 13.2. The van der Waals surface area contributed by atoms with Crippen LogP contribution < -0.4 is 14.4 Å². The van der Waals surface area contributed by atoms with Gasteiger partial charge >= 0.3 is 8.38 Å². The summed E-state index contributed by atoms with van der Waals surface area (Å²) in [5, 5.41) is 1.13. The molecule has 0 spiro atoms. The Morgan fingerprint density at radius 3 is 1.88 bits per heavy atom. The number of rotatable bonds is 2. The van der Waals surface area contributed by atoms with Crippen LogP contribution in [0.25, 0.3) is 11.1 Å². The first-order valence-electron chi connectivity index (χ1n) is 11.8. The molecule has 0 fully saturated rings. The highest BCUT2D eigenvalue weighted by atomic mass is 31.2. The van der Waals surface area contributed by atoms with E-state index in [2.05, 4.69) is 123 Å². The second-order valence-electron chi connectivity index (χ2n) is 12.1. The smallest absolute Gasteiger partial charge is 0.326 e. The van der Waals surface area contributed by atoms with Crippen molar-refractivity contribution in [1.29, 1.82) is 0 Å². The fourth-order valence-electron chi connectivity index (χ4n) is 4.11. The van der Waals surface area contributed by atoms with E-state index in [-0.39, 0.29) is 16.2 Å². The molecule has 1 heterocycles. The van der Waals surface area contributed by atoms with E-state index >= 15 is 0 Å². The lowest BCUT2D eigenvalue weighted by atomic mass is 9.80. The molecule has 3 aromatic rings. The van der Waals surface area contributed by atoms with Gasteiger partial charge in [0, 0.05) is 11.1 Å². The lowest BCUT2D eigenvalue weighted by molar-refractivity contribution is 0.478. The minimum Gasteiger partial charge on any atom is -0.435 e. The van der Waals surface area contributed by atoms with Crippen LogP contribution in [0.2, 0.25) is 0 Å². The Kier molecular flexibility index (Phi) is 5.90. The van der Waals surface area contributed by atoms with Crippen molar-refractivity contribution in [3.8, 4) is 22.6 Å². The van der Waals surface area contributed by atoms with Crippen LogP contribution in [-0.4, -0.2) is 0 Å². The molecule has 0 amide bonds. The van der Waals surface area contributed by atoms with Crippen molar-refractivity contribution >= 4 is 13.7 Å². The predicted octanol–water partition coefficient (Wildman–Crippen LogP) is 8.65. The van der Waals surface area contributed by atoms with Gasteiger partial charge < -0.3 is 9.05 Å². The Morgan fingerprint density at radius 2 is 1.24 bits per heavy atom. The molecule has 1 atom stereocenters. The van der Waals surface area contributed by atoms with Gasteiger partial charge in [0.1, 0.15) is 11.5 Å². The Morgan fingerprint density at radius 1 is 0.636 bits per heavy atom. The molecule has 0 radical (unpaired) electrons. The van der Waals surface area contributed by atoms with E-state index < -0.39 is 8.38 Å². The Balaban J connectivity index is 1.77. The number of hydrogen-bond donors (Lipinski definition) is 0. The molecule has 0 aliphatic carbocycles. The number of benzene rings is 3. The average molecular weight is 461 g/mol. The minimum absolute atomic E-state index is 0.0409. The van der Waals surface area contributed by atoms with Gasteiger partial charge in [0.15, 0.2) is 0 Å². The summed E-state index contributed by atoms with van der Waals surface area (Å²) in [4.78, 5) is 0. The Labute approximate surface area is 201 Å². The molecule has 1 aliphatic heterocycles. The molecular weight excluding hydrogens is 423 g/mol. The van der Waals surface area contributed by atoms with Gasteiger partial charge in [-0.2, -0.15) is 0 Å². The zero-order valence-corrected chi connectivity index (χ0v) is 22.4. The van der Waals surface area contributed by atoms with Crippen molar-refractivity contribution in [2.24, 2.45) is 0 Å². The third-order valence-electron chi connectivity index (χ3n) is 6.25. The summed E-state index contributed by atoms with van der Waals surface area (Å²) in [5.74, 6) is 1.81. The molecule has 3 aromatic carbocycles. The van der Waals surface area contributed by atoms with Gasteiger partial charge in [-0.05, 0) is 57.2 Å². The first-order chi connectivity index (χ1) is 15.2. The molecule has 174 valence electrons. The highest BCUT2D eigenvalue weighted by Crippen LogP contribution is 2.51. The van der Waals surface area contributed by atoms with Crippen molar-refractivity contribution in [2.45, 2.75) is 78.6 Å². The van der Waals surface area contributed by atoms with E-state index in [1.807, 2.05) is 0 Å². The zero-order chi connectivity index (χ0) is 24.2. The third kappa shape index (κ3) is 4.82. The maximum Gasteiger partial charge on any atom is 0.326 e. The van der Waals surface area contributed by atoms with E-state index in [9.17, 15) is 0 Å². The van der Waals surface area contributed by atoms with Gasteiger partial charge in [0.2, 0.25) is 0 Å². The molecule has 0 bridgehead atoms. The molecule has 0 saturated carbocycles. The maximum absolute atomic E-state index is 6.70. The predicted molar refractivity (Wildman–Crippen MR) is 142 cm³/mol. The molecule has 4 rings (SSSR count). The van der Waals surface area contributed by atoms with E-state index in [1.54, 1.807) is 0 Å². The summed E-state index contributed by atoms with van der Waals surface area (Å²) in [6.07, 6.45) is 0. The topological polar surface area (TPSA) is 18.5 Å². The zero-order valence-electron chi connectivity index (χ0n) is 21.5. The number of fused-ring (bicyclic) bond motifs is 3. The fraction of sp³-hybridized carbons (Fsp3) is 0.400. The molecule has 3 heteroatoms. The molecular formula is C30H37O2P. The first kappa shape index (κ1) is 23.8. The van der Waals surface area contributed by atoms with Crippen LogP contribution in [-0.2, 0) is 16.2 Å². The van der Waals surface area contributed by atoms with Gasteiger partial charge in [0.25, 0.3) is 0 Å². The monoisotopic (exact) mass is 460 g/mol. The van der Waals surface area contributed by atoms with Crippen LogP contribution in [0.3, 0.4) is 0 Å². The fourth-order valence-corrected chi connectivity index (χ4v) is 5.61. The van der Waals surface area contributed by atoms with Crippen molar-refractivity contribution in [3.05, 3.63) is 77.4 Å². The quantitative estimate of drug-likeness (QED) is 0.356. The molecule has 1 unspecified atom stereocenters. The van der Waals surface area contributed by atoms with Gasteiger partial charge in [-0.3, -0.25) is 0 Å². The van der Waals surface area contributed by atoms with Crippen molar-refractivity contribution in [1.82, 2.24) is 0 Å². The third-order valence-corrected chi connectivity index (χ3v) is 7.76. The largest absolute Gasteiger partial charge is 0.435 e. The summed E-state index contributed by atoms with van der Waals surface area (Å²) in [7, 11) is -1.29. The van der Waals surface area contributed by atoms with Crippen LogP contribution in [0.15, 0.2) is 60.7 Å². The Hall–Kier alpha value is -2.31. The van der Waals surface area contributed by atoms with E-state index in [1.165, 1.54) is 22.3 Å². The van der Waals surface area contributed by atoms with Crippen LogP contribution >= 0.6 is 8.38 Å². The van der Waals surface area contributed by atoms with Crippen LogP contribution in [0.1, 0.15) is 79.0 Å². The SMILES string of the molecule is CC(C)(C)c1ccc2c(c1)-c1ccccc1P(Oc1ccc(C(C)(C)C)cc1C(C)(C)C)O2. The van der Waals surface area contributed by atoms with E-state index in [0.29, 0.717) is 0 Å². The van der Waals surface area contributed by atoms with Gasteiger partial charge in [0.05, 0.1) is 5.30 Å². The normalized spacial score (nSPS) is 16.0. The second-order valence-corrected chi connectivity index (χ2v) is 13.5. The lowest BCUT2D eigenvalue weighted by Crippen LogP contribution is -2.21. The standard InChI is InChI=1S/C30H37O2P/c1-28(2,3)20-14-16-25-23(18-20)22-12-10-11-13-27(22)33(31-25)32-26-17-15-21(29(4,5)6)19-24(26)30(7,8)9/h10-19H,1-9H3. The second kappa shape index (κ2) is 8.17. The van der Waals surface area contributed by atoms with Crippen LogP contribution in [0.4, 0.5) is 0 Å². The average Bonchev–Trinajstić information content (AvgIpc) is 2.71.